The number of nitriles is 1. The quantitative estimate of drug-likeness (QED) is 0.645. The Balaban J connectivity index is 2.19. The first-order valence-electron chi connectivity index (χ1n) is 6.73. The van der Waals surface area contributed by atoms with E-state index in [1.165, 1.54) is 0 Å². The third-order valence-electron chi connectivity index (χ3n) is 3.38. The molecule has 1 aliphatic rings. The van der Waals surface area contributed by atoms with Crippen LogP contribution in [-0.4, -0.2) is 23.5 Å². The molecule has 1 amide bonds. The predicted molar refractivity (Wildman–Crippen MR) is 79.8 cm³/mol. The number of hydrogen-bond acceptors (Lipinski definition) is 4. The fourth-order valence-electron chi connectivity index (χ4n) is 1.97. The lowest BCUT2D eigenvalue weighted by atomic mass is 10.1. The van der Waals surface area contributed by atoms with E-state index >= 15 is 0 Å². The van der Waals surface area contributed by atoms with Gasteiger partial charge < -0.3 is 10.0 Å². The van der Waals surface area contributed by atoms with Crippen LogP contribution in [0, 0.1) is 22.5 Å². The van der Waals surface area contributed by atoms with Crippen LogP contribution in [0.15, 0.2) is 29.2 Å². The molecular formula is C15H16N2O3S. The summed E-state index contributed by atoms with van der Waals surface area (Å²) >= 11 is 1.05. The summed E-state index contributed by atoms with van der Waals surface area (Å²) in [5.74, 6) is -1.52. The van der Waals surface area contributed by atoms with E-state index in [-0.39, 0.29) is 18.4 Å². The number of carboxylic acid groups (broad SMARTS) is 1. The van der Waals surface area contributed by atoms with Crippen molar-refractivity contribution < 1.29 is 14.7 Å². The molecule has 110 valence electrons. The second-order valence-electron chi connectivity index (χ2n) is 5.15. The summed E-state index contributed by atoms with van der Waals surface area (Å²) in [5.41, 5.74) is 0.683. The minimum Gasteiger partial charge on any atom is -0.481 e. The Kier molecular flexibility index (Phi) is 4.86. The first-order valence-corrected chi connectivity index (χ1v) is 7.54. The third kappa shape index (κ3) is 3.99. The number of amides is 1. The fourth-order valence-corrected chi connectivity index (χ4v) is 2.35. The van der Waals surface area contributed by atoms with Gasteiger partial charge in [-0.2, -0.15) is 5.26 Å². The average molecular weight is 304 g/mol. The van der Waals surface area contributed by atoms with Crippen LogP contribution in [0.25, 0.3) is 0 Å². The Bertz CT molecular complexity index is 576. The highest BCUT2D eigenvalue weighted by molar-refractivity contribution is 8.03. The predicted octanol–water partition coefficient (Wildman–Crippen LogP) is 2.72. The van der Waals surface area contributed by atoms with Gasteiger partial charge in [0.05, 0.1) is 5.92 Å². The van der Waals surface area contributed by atoms with Crippen LogP contribution < -0.4 is 4.90 Å². The molecule has 1 fully saturated rings. The van der Waals surface area contributed by atoms with E-state index in [9.17, 15) is 9.59 Å². The van der Waals surface area contributed by atoms with Crippen molar-refractivity contribution in [3.05, 3.63) is 24.3 Å². The summed E-state index contributed by atoms with van der Waals surface area (Å²) in [7, 11) is 0. The largest absolute Gasteiger partial charge is 0.481 e. The van der Waals surface area contributed by atoms with E-state index in [1.54, 1.807) is 36.1 Å². The van der Waals surface area contributed by atoms with Crippen LogP contribution in [0.3, 0.4) is 0 Å². The normalized spacial score (nSPS) is 15.0. The van der Waals surface area contributed by atoms with Crippen molar-refractivity contribution >= 4 is 29.3 Å². The molecule has 21 heavy (non-hydrogen) atoms. The highest BCUT2D eigenvalue weighted by atomic mass is 32.2. The molecule has 0 heterocycles. The molecule has 1 atom stereocenters. The van der Waals surface area contributed by atoms with E-state index in [1.807, 2.05) is 5.40 Å². The molecule has 5 nitrogen and oxygen atoms in total. The van der Waals surface area contributed by atoms with E-state index in [4.69, 9.17) is 10.4 Å². The summed E-state index contributed by atoms with van der Waals surface area (Å²) in [5, 5.41) is 19.7. The van der Waals surface area contributed by atoms with Crippen LogP contribution >= 0.6 is 11.8 Å². The highest BCUT2D eigenvalue weighted by Gasteiger charge is 2.35. The highest BCUT2D eigenvalue weighted by Crippen LogP contribution is 2.33. The smallest absolute Gasteiger partial charge is 0.308 e. The van der Waals surface area contributed by atoms with Crippen LogP contribution in [0.2, 0.25) is 0 Å². The van der Waals surface area contributed by atoms with Crippen LogP contribution in [0.1, 0.15) is 19.8 Å². The van der Waals surface area contributed by atoms with Crippen LogP contribution in [0.4, 0.5) is 5.69 Å². The van der Waals surface area contributed by atoms with Gasteiger partial charge in [-0.15, -0.1) is 0 Å². The first-order chi connectivity index (χ1) is 10.0. The average Bonchev–Trinajstić information content (AvgIpc) is 3.29. The third-order valence-corrected chi connectivity index (χ3v) is 3.98. The number of carbonyl (C=O) groups excluding carboxylic acids is 1. The monoisotopic (exact) mass is 304 g/mol. The number of rotatable bonds is 6. The summed E-state index contributed by atoms with van der Waals surface area (Å²) < 4.78 is 0. The van der Waals surface area contributed by atoms with Gasteiger partial charge in [-0.1, -0.05) is 6.92 Å². The van der Waals surface area contributed by atoms with Crippen molar-refractivity contribution in [2.45, 2.75) is 24.7 Å². The number of carboxylic acids is 1. The maximum atomic E-state index is 12.4. The lowest BCUT2D eigenvalue weighted by Crippen LogP contribution is -2.38. The van der Waals surface area contributed by atoms with Crippen LogP contribution in [-0.2, 0) is 9.59 Å². The Hall–Kier alpha value is -2.00. The van der Waals surface area contributed by atoms with E-state index in [0.717, 1.165) is 29.5 Å². The Morgan fingerprint density at radius 2 is 2.05 bits per heavy atom. The lowest BCUT2D eigenvalue weighted by Gasteiger charge is -2.25. The van der Waals surface area contributed by atoms with Gasteiger partial charge >= 0.3 is 5.97 Å². The molecule has 2 rings (SSSR count). The van der Waals surface area contributed by atoms with Crippen molar-refractivity contribution in [3.63, 3.8) is 0 Å². The second kappa shape index (κ2) is 6.64. The molecule has 0 aliphatic heterocycles. The van der Waals surface area contributed by atoms with Gasteiger partial charge in [0.1, 0.15) is 5.40 Å². The molecule has 0 radical (unpaired) electrons. The topological polar surface area (TPSA) is 81.4 Å². The van der Waals surface area contributed by atoms with Gasteiger partial charge in [-0.25, -0.2) is 0 Å². The molecule has 0 aromatic heterocycles. The Morgan fingerprint density at radius 1 is 1.43 bits per heavy atom. The number of thiocyanates is 1. The molecule has 0 saturated heterocycles. The maximum absolute atomic E-state index is 12.4. The van der Waals surface area contributed by atoms with Crippen LogP contribution in [0.5, 0.6) is 0 Å². The van der Waals surface area contributed by atoms with Gasteiger partial charge in [0.25, 0.3) is 0 Å². The zero-order valence-corrected chi connectivity index (χ0v) is 12.5. The molecule has 0 spiro atoms. The number of benzene rings is 1. The number of carbonyl (C=O) groups is 2. The number of hydrogen-bond donors (Lipinski definition) is 1. The molecule has 1 unspecified atom stereocenters. The SMILES string of the molecule is CC(CN(C(=O)C1CC1)c1ccc(SC#N)cc1)C(=O)O. The molecule has 1 aromatic carbocycles. The molecular weight excluding hydrogens is 288 g/mol. The van der Waals surface area contributed by atoms with Gasteiger partial charge in [0.2, 0.25) is 5.91 Å². The maximum Gasteiger partial charge on any atom is 0.308 e. The van der Waals surface area contributed by atoms with Gasteiger partial charge in [-0.05, 0) is 48.9 Å². The zero-order chi connectivity index (χ0) is 15.4. The van der Waals surface area contributed by atoms with Crippen molar-refractivity contribution in [3.8, 4) is 5.40 Å². The molecule has 1 aliphatic carbocycles. The first kappa shape index (κ1) is 15.4. The molecule has 1 N–H and O–H groups in total. The van der Waals surface area contributed by atoms with Crippen molar-refractivity contribution in [1.82, 2.24) is 0 Å². The summed E-state index contributed by atoms with van der Waals surface area (Å²) in [4.78, 5) is 25.7. The Morgan fingerprint density at radius 3 is 2.52 bits per heavy atom. The van der Waals surface area contributed by atoms with E-state index in [2.05, 4.69) is 0 Å². The van der Waals surface area contributed by atoms with Crippen molar-refractivity contribution in [1.29, 1.82) is 5.26 Å². The zero-order valence-electron chi connectivity index (χ0n) is 11.7. The summed E-state index contributed by atoms with van der Waals surface area (Å²) in [6, 6.07) is 7.05. The molecule has 6 heteroatoms. The fraction of sp³-hybridized carbons (Fsp3) is 0.400. The number of nitrogens with zero attached hydrogens (tertiary/aromatic N) is 2. The van der Waals surface area contributed by atoms with E-state index in [0.29, 0.717) is 5.69 Å². The second-order valence-corrected chi connectivity index (χ2v) is 6.01. The van der Waals surface area contributed by atoms with Crippen molar-refractivity contribution in [2.24, 2.45) is 11.8 Å². The molecule has 0 bridgehead atoms. The molecule has 1 aromatic rings. The molecule has 1 saturated carbocycles. The summed E-state index contributed by atoms with van der Waals surface area (Å²) in [6.45, 7) is 1.75. The Labute approximate surface area is 127 Å². The van der Waals surface area contributed by atoms with Crippen molar-refractivity contribution in [2.75, 3.05) is 11.4 Å². The number of thioether (sulfide) groups is 1. The van der Waals surface area contributed by atoms with Gasteiger partial charge in [0.15, 0.2) is 0 Å². The van der Waals surface area contributed by atoms with Gasteiger partial charge in [-0.3, -0.25) is 9.59 Å². The standard InChI is InChI=1S/C15H16N2O3S/c1-10(15(19)20)8-17(14(18)11-2-3-11)12-4-6-13(7-5-12)21-9-16/h4-7,10-11H,2-3,8H2,1H3,(H,19,20). The number of anilines is 1. The van der Waals surface area contributed by atoms with Gasteiger partial charge in [0, 0.05) is 23.0 Å². The summed E-state index contributed by atoms with van der Waals surface area (Å²) in [6.07, 6.45) is 1.75. The minimum atomic E-state index is -0.916. The number of aliphatic carboxylic acids is 1. The minimum absolute atomic E-state index is 0.0104. The lowest BCUT2D eigenvalue weighted by molar-refractivity contribution is -0.140. The van der Waals surface area contributed by atoms with E-state index < -0.39 is 11.9 Å².